The molecule has 0 aliphatic rings. The fourth-order valence-electron chi connectivity index (χ4n) is 1.62. The van der Waals surface area contributed by atoms with Crippen LogP contribution in [-0.2, 0) is 13.1 Å². The summed E-state index contributed by atoms with van der Waals surface area (Å²) >= 11 is 6.87. The lowest BCUT2D eigenvalue weighted by atomic mass is 10.3. The molecule has 2 heterocycles. The lowest BCUT2D eigenvalue weighted by molar-refractivity contribution is 0.805. The first kappa shape index (κ1) is 18.9. The summed E-state index contributed by atoms with van der Waals surface area (Å²) < 4.78 is 1.14. The van der Waals surface area contributed by atoms with Crippen molar-refractivity contribution in [3.8, 4) is 0 Å². The van der Waals surface area contributed by atoms with E-state index in [4.69, 9.17) is 0 Å². The maximum atomic E-state index is 4.51. The summed E-state index contributed by atoms with van der Waals surface area (Å²) in [5.41, 5.74) is 2.35. The van der Waals surface area contributed by atoms with Gasteiger partial charge in [0.1, 0.15) is 5.01 Å². The van der Waals surface area contributed by atoms with Crippen molar-refractivity contribution in [1.29, 1.82) is 0 Å². The van der Waals surface area contributed by atoms with E-state index in [1.807, 2.05) is 6.92 Å². The molecule has 0 spiro atoms. The van der Waals surface area contributed by atoms with Gasteiger partial charge in [-0.05, 0) is 46.8 Å². The number of rotatable bonds is 4. The van der Waals surface area contributed by atoms with E-state index in [1.54, 1.807) is 29.7 Å². The predicted molar refractivity (Wildman–Crippen MR) is 106 cm³/mol. The van der Waals surface area contributed by atoms with Crippen LogP contribution in [0.2, 0.25) is 0 Å². The topological polar surface area (TPSA) is 49.3 Å². The Hall–Kier alpha value is -0.190. The van der Waals surface area contributed by atoms with Gasteiger partial charge >= 0.3 is 0 Å². The average Bonchev–Trinajstić information content (AvgIpc) is 2.97. The maximum Gasteiger partial charge on any atom is 0.191 e. The minimum absolute atomic E-state index is 0. The van der Waals surface area contributed by atoms with E-state index in [1.165, 1.54) is 10.4 Å². The third-order valence-electron chi connectivity index (χ3n) is 2.79. The zero-order valence-electron chi connectivity index (χ0n) is 12.1. The largest absolute Gasteiger partial charge is 0.352 e. The Balaban J connectivity index is 0.00000220. The molecule has 0 atom stereocenters. The molecule has 0 unspecified atom stereocenters. The summed E-state index contributed by atoms with van der Waals surface area (Å²) in [5.74, 6) is 0.790. The number of aryl methyl sites for hydroxylation is 2. The Morgan fingerprint density at radius 2 is 2.05 bits per heavy atom. The molecule has 2 rings (SSSR count). The molecule has 0 amide bonds. The van der Waals surface area contributed by atoms with Crippen LogP contribution in [0.1, 0.15) is 21.1 Å². The molecule has 2 N–H and O–H groups in total. The quantitative estimate of drug-likeness (QED) is 0.378. The van der Waals surface area contributed by atoms with Gasteiger partial charge in [-0.1, -0.05) is 0 Å². The Labute approximate surface area is 158 Å². The third-order valence-corrected chi connectivity index (χ3v) is 5.41. The number of halogens is 2. The molecular formula is C13H18BrIN4S2. The molecular weight excluding hydrogens is 483 g/mol. The smallest absolute Gasteiger partial charge is 0.191 e. The van der Waals surface area contributed by atoms with E-state index in [-0.39, 0.29) is 24.0 Å². The fraction of sp³-hybridized carbons (Fsp3) is 0.385. The molecule has 0 radical (unpaired) electrons. The van der Waals surface area contributed by atoms with Crippen LogP contribution in [0.4, 0.5) is 0 Å². The van der Waals surface area contributed by atoms with Gasteiger partial charge in [0.15, 0.2) is 5.96 Å². The Kier molecular flexibility index (Phi) is 8.14. The number of thiazole rings is 1. The second kappa shape index (κ2) is 9.06. The number of hydrogen-bond acceptors (Lipinski definition) is 4. The van der Waals surface area contributed by atoms with E-state index in [0.29, 0.717) is 6.54 Å². The van der Waals surface area contributed by atoms with Gasteiger partial charge < -0.3 is 10.6 Å². The van der Waals surface area contributed by atoms with Crippen LogP contribution in [0.15, 0.2) is 20.2 Å². The summed E-state index contributed by atoms with van der Waals surface area (Å²) in [4.78, 5) is 10.00. The van der Waals surface area contributed by atoms with Crippen molar-refractivity contribution in [3.05, 3.63) is 36.4 Å². The van der Waals surface area contributed by atoms with Crippen LogP contribution in [0.5, 0.6) is 0 Å². The van der Waals surface area contributed by atoms with Gasteiger partial charge in [-0.15, -0.1) is 46.7 Å². The molecule has 8 heteroatoms. The molecule has 0 bridgehead atoms. The van der Waals surface area contributed by atoms with Crippen LogP contribution in [0.25, 0.3) is 0 Å². The van der Waals surface area contributed by atoms with E-state index >= 15 is 0 Å². The third kappa shape index (κ3) is 5.84. The summed E-state index contributed by atoms with van der Waals surface area (Å²) in [6.07, 6.45) is 0. The monoisotopic (exact) mass is 500 g/mol. The van der Waals surface area contributed by atoms with Crippen molar-refractivity contribution >= 4 is 68.5 Å². The molecule has 4 nitrogen and oxygen atoms in total. The first-order valence-electron chi connectivity index (χ1n) is 6.19. The number of guanidine groups is 1. The predicted octanol–water partition coefficient (Wildman–Crippen LogP) is 4.07. The van der Waals surface area contributed by atoms with Gasteiger partial charge in [0.05, 0.1) is 16.0 Å². The highest BCUT2D eigenvalue weighted by Crippen LogP contribution is 2.20. The molecule has 2 aromatic rings. The van der Waals surface area contributed by atoms with Crippen molar-refractivity contribution in [3.63, 3.8) is 0 Å². The first-order valence-corrected chi connectivity index (χ1v) is 8.67. The first-order chi connectivity index (χ1) is 9.58. The van der Waals surface area contributed by atoms with Crippen LogP contribution >= 0.6 is 62.6 Å². The van der Waals surface area contributed by atoms with E-state index in [0.717, 1.165) is 27.0 Å². The average molecular weight is 501 g/mol. The SMILES string of the molecule is CN=C(NCc1csc(Br)c1)NCc1nc(C)c(C)s1.I. The second-order valence-corrected chi connectivity index (χ2v) is 7.87. The minimum atomic E-state index is 0. The van der Waals surface area contributed by atoms with Crippen LogP contribution in [0.3, 0.4) is 0 Å². The zero-order valence-corrected chi connectivity index (χ0v) is 17.6. The molecule has 2 aromatic heterocycles. The molecule has 116 valence electrons. The molecule has 0 aromatic carbocycles. The standard InChI is InChI=1S/C13H17BrN4S2.HI/c1-8-9(2)20-12(18-8)6-17-13(15-3)16-5-10-4-11(14)19-7-10;/h4,7H,5-6H2,1-3H3,(H2,15,16,17);1H. The summed E-state index contributed by atoms with van der Waals surface area (Å²) in [7, 11) is 1.78. The fourth-order valence-corrected chi connectivity index (χ4v) is 3.70. The van der Waals surface area contributed by atoms with Crippen molar-refractivity contribution in [2.24, 2.45) is 4.99 Å². The normalized spacial score (nSPS) is 11.1. The number of aliphatic imine (C=N–C) groups is 1. The number of nitrogens with one attached hydrogen (secondary N) is 2. The highest BCUT2D eigenvalue weighted by Gasteiger charge is 2.05. The molecule has 0 saturated heterocycles. The second-order valence-electron chi connectivity index (χ2n) is 4.29. The minimum Gasteiger partial charge on any atom is -0.352 e. The van der Waals surface area contributed by atoms with Crippen LogP contribution < -0.4 is 10.6 Å². The van der Waals surface area contributed by atoms with Gasteiger partial charge in [0.25, 0.3) is 0 Å². The maximum absolute atomic E-state index is 4.51. The Bertz CT molecular complexity index is 590. The molecule has 0 aliphatic carbocycles. The van der Waals surface area contributed by atoms with E-state index in [9.17, 15) is 0 Å². The van der Waals surface area contributed by atoms with Crippen molar-refractivity contribution in [1.82, 2.24) is 15.6 Å². The lowest BCUT2D eigenvalue weighted by Gasteiger charge is -2.09. The molecule has 0 aliphatic heterocycles. The van der Waals surface area contributed by atoms with Gasteiger partial charge in [0, 0.05) is 18.5 Å². The number of thiophene rings is 1. The summed E-state index contributed by atoms with van der Waals surface area (Å²) in [6.45, 7) is 5.60. The molecule has 0 saturated carbocycles. The van der Waals surface area contributed by atoms with Gasteiger partial charge in [-0.25, -0.2) is 4.98 Å². The van der Waals surface area contributed by atoms with Crippen LogP contribution in [-0.4, -0.2) is 18.0 Å². The molecule has 21 heavy (non-hydrogen) atoms. The zero-order chi connectivity index (χ0) is 14.5. The number of hydrogen-bond donors (Lipinski definition) is 2. The van der Waals surface area contributed by atoms with Gasteiger partial charge in [0.2, 0.25) is 0 Å². The highest BCUT2D eigenvalue weighted by atomic mass is 127. The van der Waals surface area contributed by atoms with Gasteiger partial charge in [-0.2, -0.15) is 0 Å². The van der Waals surface area contributed by atoms with Crippen molar-refractivity contribution in [2.75, 3.05) is 7.05 Å². The van der Waals surface area contributed by atoms with Crippen LogP contribution in [0, 0.1) is 13.8 Å². The lowest BCUT2D eigenvalue weighted by Crippen LogP contribution is -2.36. The number of aromatic nitrogens is 1. The van der Waals surface area contributed by atoms with Crippen molar-refractivity contribution in [2.45, 2.75) is 26.9 Å². The van der Waals surface area contributed by atoms with Crippen molar-refractivity contribution < 1.29 is 0 Å². The Morgan fingerprint density at radius 3 is 2.57 bits per heavy atom. The number of nitrogens with zero attached hydrogens (tertiary/aromatic N) is 2. The van der Waals surface area contributed by atoms with Gasteiger partial charge in [-0.3, -0.25) is 4.99 Å². The van der Waals surface area contributed by atoms with E-state index < -0.39 is 0 Å². The summed E-state index contributed by atoms with van der Waals surface area (Å²) in [6, 6.07) is 2.11. The Morgan fingerprint density at radius 1 is 1.33 bits per heavy atom. The van der Waals surface area contributed by atoms with E-state index in [2.05, 4.69) is 54.9 Å². The summed E-state index contributed by atoms with van der Waals surface area (Å²) in [5, 5.41) is 9.78. The molecule has 0 fully saturated rings. The highest BCUT2D eigenvalue weighted by molar-refractivity contribution is 14.0.